The van der Waals surface area contributed by atoms with Crippen LogP contribution in [-0.2, 0) is 0 Å². The Labute approximate surface area is 72.4 Å². The predicted molar refractivity (Wildman–Crippen MR) is 54.1 cm³/mol. The summed E-state index contributed by atoms with van der Waals surface area (Å²) in [6.07, 6.45) is 0. The average Bonchev–Trinajstić information content (AvgIpc) is 2.01. The molecule has 0 aliphatic carbocycles. The van der Waals surface area contributed by atoms with E-state index in [9.17, 15) is 0 Å². The highest BCUT2D eigenvalue weighted by atomic mass is 28.3. The first-order valence-corrected chi connectivity index (χ1v) is 7.28. The van der Waals surface area contributed by atoms with Crippen molar-refractivity contribution in [3.8, 4) is 0 Å². The second-order valence-electron chi connectivity index (χ2n) is 3.52. The molecule has 3 heteroatoms. The monoisotopic (exact) mass is 174 g/mol. The Kier molecular flexibility index (Phi) is 4.29. The Morgan fingerprint density at radius 3 is 1.36 bits per heavy atom. The predicted octanol–water partition coefficient (Wildman–Crippen LogP) is 1.59. The van der Waals surface area contributed by atoms with Gasteiger partial charge in [-0.15, -0.1) is 0 Å². The van der Waals surface area contributed by atoms with E-state index < -0.39 is 8.40 Å². The molecule has 0 rings (SSSR count). The van der Waals surface area contributed by atoms with Crippen LogP contribution in [0.5, 0.6) is 0 Å². The molecule has 0 N–H and O–H groups in total. The lowest BCUT2D eigenvalue weighted by atomic mass is 10.8. The van der Waals surface area contributed by atoms with Crippen LogP contribution in [0, 0.1) is 0 Å². The molecule has 0 spiro atoms. The molecule has 0 aromatic carbocycles. The molecule has 0 aliphatic rings. The molecule has 0 saturated carbocycles. The van der Waals surface area contributed by atoms with Crippen molar-refractivity contribution in [2.45, 2.75) is 26.9 Å². The topological polar surface area (TPSA) is 6.48 Å². The van der Waals surface area contributed by atoms with Crippen LogP contribution in [-0.4, -0.2) is 44.7 Å². The van der Waals surface area contributed by atoms with Crippen molar-refractivity contribution in [3.63, 3.8) is 0 Å². The van der Waals surface area contributed by atoms with Gasteiger partial charge in [0.15, 0.2) is 8.40 Å². The molecule has 0 heterocycles. The maximum atomic E-state index is 2.48. The molecule has 68 valence electrons. The highest BCUT2D eigenvalue weighted by molar-refractivity contribution is 6.71. The number of rotatable bonds is 4. The van der Waals surface area contributed by atoms with Crippen molar-refractivity contribution < 1.29 is 0 Å². The molecular formula is C8H22N2Si. The van der Waals surface area contributed by atoms with Gasteiger partial charge in [-0.3, -0.25) is 0 Å². The van der Waals surface area contributed by atoms with Crippen LogP contribution in [0.4, 0.5) is 0 Å². The number of hydrogen-bond donors (Lipinski definition) is 0. The third-order valence-electron chi connectivity index (χ3n) is 2.82. The average molecular weight is 174 g/mol. The van der Waals surface area contributed by atoms with Gasteiger partial charge in [-0.25, -0.2) is 0 Å². The third-order valence-corrected chi connectivity index (χ3v) is 7.19. The highest BCUT2D eigenvalue weighted by Gasteiger charge is 2.29. The van der Waals surface area contributed by atoms with Crippen LogP contribution in [0.2, 0.25) is 13.1 Å². The first kappa shape index (κ1) is 11.1. The molecule has 0 aromatic heterocycles. The summed E-state index contributed by atoms with van der Waals surface area (Å²) in [7, 11) is 3.20. The Hall–Kier alpha value is 0.137. The Morgan fingerprint density at radius 1 is 0.909 bits per heavy atom. The summed E-state index contributed by atoms with van der Waals surface area (Å²) in [6.45, 7) is 11.5. The van der Waals surface area contributed by atoms with Crippen LogP contribution in [0.3, 0.4) is 0 Å². The maximum absolute atomic E-state index is 2.48. The molecule has 0 bridgehead atoms. The van der Waals surface area contributed by atoms with Crippen LogP contribution in [0.25, 0.3) is 0 Å². The third kappa shape index (κ3) is 2.58. The largest absolute Gasteiger partial charge is 0.315 e. The normalized spacial score (nSPS) is 13.1. The fourth-order valence-corrected chi connectivity index (χ4v) is 3.20. The van der Waals surface area contributed by atoms with Gasteiger partial charge < -0.3 is 9.13 Å². The Balaban J connectivity index is 4.18. The molecule has 0 atom stereocenters. The van der Waals surface area contributed by atoms with Crippen molar-refractivity contribution in [1.29, 1.82) is 0 Å². The molecular weight excluding hydrogens is 152 g/mol. The second kappa shape index (κ2) is 4.23. The van der Waals surface area contributed by atoms with E-state index in [4.69, 9.17) is 0 Å². The van der Waals surface area contributed by atoms with Crippen molar-refractivity contribution in [2.75, 3.05) is 27.2 Å². The number of nitrogens with zero attached hydrogens (tertiary/aromatic N) is 2. The fraction of sp³-hybridized carbons (Fsp3) is 1.00. The molecule has 0 unspecified atom stereocenters. The minimum absolute atomic E-state index is 1.16. The van der Waals surface area contributed by atoms with Crippen LogP contribution in [0.15, 0.2) is 0 Å². The van der Waals surface area contributed by atoms with Gasteiger partial charge in [0.1, 0.15) is 0 Å². The van der Waals surface area contributed by atoms with Crippen molar-refractivity contribution >= 4 is 8.40 Å². The molecule has 0 fully saturated rings. The van der Waals surface area contributed by atoms with Crippen molar-refractivity contribution in [3.05, 3.63) is 0 Å². The molecule has 11 heavy (non-hydrogen) atoms. The summed E-state index contributed by atoms with van der Waals surface area (Å²) in [6, 6.07) is 0. The summed E-state index contributed by atoms with van der Waals surface area (Å²) in [5.41, 5.74) is 0. The van der Waals surface area contributed by atoms with Crippen molar-refractivity contribution in [2.24, 2.45) is 0 Å². The summed E-state index contributed by atoms with van der Waals surface area (Å²) >= 11 is 0. The van der Waals surface area contributed by atoms with Crippen LogP contribution in [0.1, 0.15) is 13.8 Å². The molecule has 0 saturated heterocycles. The van der Waals surface area contributed by atoms with Gasteiger partial charge in [0.05, 0.1) is 0 Å². The lowest BCUT2D eigenvalue weighted by Crippen LogP contribution is -2.58. The van der Waals surface area contributed by atoms with Gasteiger partial charge in [-0.2, -0.15) is 0 Å². The Morgan fingerprint density at radius 2 is 1.18 bits per heavy atom. The standard InChI is InChI=1S/C8H22N2Si/c1-7-9(3)11(5,6)10(4)8-2/h7-8H2,1-6H3. The molecule has 0 aliphatic heterocycles. The first-order valence-electron chi connectivity index (χ1n) is 4.39. The van der Waals surface area contributed by atoms with E-state index in [0.29, 0.717) is 0 Å². The van der Waals surface area contributed by atoms with Gasteiger partial charge >= 0.3 is 0 Å². The van der Waals surface area contributed by atoms with E-state index in [1.807, 2.05) is 0 Å². The molecule has 0 radical (unpaired) electrons. The van der Waals surface area contributed by atoms with Gasteiger partial charge in [0.2, 0.25) is 0 Å². The fourth-order valence-electron chi connectivity index (χ4n) is 1.07. The number of hydrogen-bond acceptors (Lipinski definition) is 2. The maximum Gasteiger partial charge on any atom is 0.199 e. The molecule has 2 nitrogen and oxygen atoms in total. The lowest BCUT2D eigenvalue weighted by molar-refractivity contribution is 0.422. The minimum atomic E-state index is -1.24. The van der Waals surface area contributed by atoms with Gasteiger partial charge in [-0.05, 0) is 40.3 Å². The lowest BCUT2D eigenvalue weighted by Gasteiger charge is -2.39. The second-order valence-corrected chi connectivity index (χ2v) is 8.04. The first-order chi connectivity index (χ1) is 4.96. The van der Waals surface area contributed by atoms with Crippen molar-refractivity contribution in [1.82, 2.24) is 9.13 Å². The van der Waals surface area contributed by atoms with Crippen LogP contribution >= 0.6 is 0 Å². The van der Waals surface area contributed by atoms with Gasteiger partial charge in [0, 0.05) is 0 Å². The minimum Gasteiger partial charge on any atom is -0.315 e. The van der Waals surface area contributed by atoms with E-state index in [1.165, 1.54) is 0 Å². The van der Waals surface area contributed by atoms with E-state index in [0.717, 1.165) is 13.1 Å². The summed E-state index contributed by atoms with van der Waals surface area (Å²) < 4.78 is 4.97. The van der Waals surface area contributed by atoms with E-state index in [2.05, 4.69) is 50.2 Å². The van der Waals surface area contributed by atoms with E-state index in [-0.39, 0.29) is 0 Å². The summed E-state index contributed by atoms with van der Waals surface area (Å²) in [4.78, 5) is 0. The van der Waals surface area contributed by atoms with E-state index in [1.54, 1.807) is 0 Å². The highest BCUT2D eigenvalue weighted by Crippen LogP contribution is 2.10. The SMILES string of the molecule is CCN(C)[Si](C)(C)N(C)CC. The smallest absolute Gasteiger partial charge is 0.199 e. The zero-order valence-corrected chi connectivity index (χ0v) is 9.81. The van der Waals surface area contributed by atoms with Gasteiger partial charge in [0.25, 0.3) is 0 Å². The van der Waals surface area contributed by atoms with Gasteiger partial charge in [-0.1, -0.05) is 13.8 Å². The van der Waals surface area contributed by atoms with Crippen LogP contribution < -0.4 is 0 Å². The quantitative estimate of drug-likeness (QED) is 0.597. The molecule has 0 aromatic rings. The Bertz CT molecular complexity index is 103. The summed E-state index contributed by atoms with van der Waals surface area (Å²) in [5, 5.41) is 0. The zero-order chi connectivity index (χ0) is 9.07. The molecule has 0 amide bonds. The van der Waals surface area contributed by atoms with E-state index >= 15 is 0 Å². The summed E-state index contributed by atoms with van der Waals surface area (Å²) in [5.74, 6) is 0. The zero-order valence-electron chi connectivity index (χ0n) is 8.81.